The van der Waals surface area contributed by atoms with Crippen molar-refractivity contribution in [3.8, 4) is 0 Å². The molecule has 0 fully saturated rings. The van der Waals surface area contributed by atoms with Crippen LogP contribution < -0.4 is 5.32 Å². The van der Waals surface area contributed by atoms with Crippen LogP contribution in [0.25, 0.3) is 0 Å². The second-order valence-corrected chi connectivity index (χ2v) is 4.36. The first kappa shape index (κ1) is 13.2. The lowest BCUT2D eigenvalue weighted by atomic mass is 9.90. The molecular weight excluding hydrogens is 178 g/mol. The van der Waals surface area contributed by atoms with Crippen molar-refractivity contribution in [3.05, 3.63) is 11.8 Å². The molecule has 0 aromatic carbocycles. The average molecular weight is 199 g/mol. The van der Waals surface area contributed by atoms with E-state index in [0.29, 0.717) is 6.61 Å². The Morgan fingerprint density at radius 3 is 2.43 bits per heavy atom. The molecule has 0 heterocycles. The third-order valence-corrected chi connectivity index (χ3v) is 1.80. The molecule has 3 heteroatoms. The molecule has 0 amide bonds. The van der Waals surface area contributed by atoms with Gasteiger partial charge in [-0.15, -0.1) is 0 Å². The van der Waals surface area contributed by atoms with E-state index in [1.807, 2.05) is 27.7 Å². The molecule has 0 aliphatic rings. The second-order valence-electron chi connectivity index (χ2n) is 4.36. The molecule has 14 heavy (non-hydrogen) atoms. The molecule has 0 unspecified atom stereocenters. The first-order valence-electron chi connectivity index (χ1n) is 4.83. The molecule has 0 aromatic rings. The summed E-state index contributed by atoms with van der Waals surface area (Å²) in [5, 5.41) is 3.10. The molecule has 0 aliphatic heterocycles. The van der Waals surface area contributed by atoms with E-state index in [2.05, 4.69) is 5.32 Å². The summed E-state index contributed by atoms with van der Waals surface area (Å²) >= 11 is 0. The number of nitrogens with one attached hydrogen (secondary N) is 1. The van der Waals surface area contributed by atoms with Crippen molar-refractivity contribution in [2.45, 2.75) is 27.7 Å². The van der Waals surface area contributed by atoms with Crippen LogP contribution in [-0.2, 0) is 9.53 Å². The monoisotopic (exact) mass is 199 g/mol. The standard InChI is InChI=1S/C11H21NO2/c1-9(12-6-7-14-5)8-10(13)11(2,3)4/h8,12H,6-7H2,1-5H3. The Morgan fingerprint density at radius 1 is 1.43 bits per heavy atom. The summed E-state index contributed by atoms with van der Waals surface area (Å²) < 4.78 is 4.89. The zero-order valence-corrected chi connectivity index (χ0v) is 9.81. The number of ether oxygens (including phenoxy) is 1. The Labute approximate surface area is 86.5 Å². The fraction of sp³-hybridized carbons (Fsp3) is 0.727. The van der Waals surface area contributed by atoms with Crippen LogP contribution in [0, 0.1) is 5.41 Å². The Morgan fingerprint density at radius 2 is 2.00 bits per heavy atom. The van der Waals surface area contributed by atoms with Crippen molar-refractivity contribution < 1.29 is 9.53 Å². The molecule has 0 aliphatic carbocycles. The molecule has 0 radical (unpaired) electrons. The van der Waals surface area contributed by atoms with Gasteiger partial charge in [-0.25, -0.2) is 0 Å². The smallest absolute Gasteiger partial charge is 0.162 e. The van der Waals surface area contributed by atoms with Crippen molar-refractivity contribution in [1.82, 2.24) is 5.32 Å². The zero-order chi connectivity index (χ0) is 11.2. The van der Waals surface area contributed by atoms with Gasteiger partial charge in [-0.05, 0) is 6.92 Å². The molecule has 0 atom stereocenters. The summed E-state index contributed by atoms with van der Waals surface area (Å²) in [7, 11) is 1.65. The number of rotatable bonds is 5. The van der Waals surface area contributed by atoms with Crippen LogP contribution in [0.2, 0.25) is 0 Å². The highest BCUT2D eigenvalue weighted by atomic mass is 16.5. The minimum atomic E-state index is -0.301. The van der Waals surface area contributed by atoms with E-state index in [4.69, 9.17) is 4.74 Å². The molecule has 3 nitrogen and oxygen atoms in total. The van der Waals surface area contributed by atoms with E-state index in [1.54, 1.807) is 13.2 Å². The van der Waals surface area contributed by atoms with E-state index >= 15 is 0 Å². The second kappa shape index (κ2) is 5.81. The van der Waals surface area contributed by atoms with E-state index in [0.717, 1.165) is 12.2 Å². The Bertz CT molecular complexity index is 214. The van der Waals surface area contributed by atoms with Crippen LogP contribution in [0.4, 0.5) is 0 Å². The van der Waals surface area contributed by atoms with Gasteiger partial charge in [0.2, 0.25) is 0 Å². The highest BCUT2D eigenvalue weighted by molar-refractivity contribution is 5.94. The first-order valence-corrected chi connectivity index (χ1v) is 4.83. The van der Waals surface area contributed by atoms with Crippen LogP contribution in [0.1, 0.15) is 27.7 Å². The molecule has 0 saturated heterocycles. The van der Waals surface area contributed by atoms with Crippen LogP contribution in [0.15, 0.2) is 11.8 Å². The number of hydrogen-bond acceptors (Lipinski definition) is 3. The van der Waals surface area contributed by atoms with Crippen molar-refractivity contribution in [2.75, 3.05) is 20.3 Å². The van der Waals surface area contributed by atoms with E-state index in [1.165, 1.54) is 0 Å². The predicted octanol–water partition coefficient (Wildman–Crippen LogP) is 1.74. The number of methoxy groups -OCH3 is 1. The lowest BCUT2D eigenvalue weighted by Gasteiger charge is -2.14. The van der Waals surface area contributed by atoms with Crippen LogP contribution in [-0.4, -0.2) is 26.0 Å². The molecule has 0 aromatic heterocycles. The van der Waals surface area contributed by atoms with Crippen molar-refractivity contribution in [1.29, 1.82) is 0 Å². The minimum Gasteiger partial charge on any atom is -0.386 e. The Kier molecular flexibility index (Phi) is 5.46. The summed E-state index contributed by atoms with van der Waals surface area (Å²) in [6, 6.07) is 0. The van der Waals surface area contributed by atoms with Crippen molar-refractivity contribution in [2.24, 2.45) is 5.41 Å². The van der Waals surface area contributed by atoms with Crippen LogP contribution in [0.5, 0.6) is 0 Å². The number of allylic oxidation sites excluding steroid dienone is 2. The quantitative estimate of drug-likeness (QED) is 0.541. The number of carbonyl (C=O) groups is 1. The van der Waals surface area contributed by atoms with Gasteiger partial charge in [0.05, 0.1) is 6.61 Å². The highest BCUT2D eigenvalue weighted by Crippen LogP contribution is 2.15. The van der Waals surface area contributed by atoms with Crippen LogP contribution >= 0.6 is 0 Å². The molecule has 1 N–H and O–H groups in total. The van der Waals surface area contributed by atoms with Crippen molar-refractivity contribution in [3.63, 3.8) is 0 Å². The zero-order valence-electron chi connectivity index (χ0n) is 9.81. The molecule has 0 spiro atoms. The summed E-state index contributed by atoms with van der Waals surface area (Å²) in [6.45, 7) is 9.00. The number of ketones is 1. The lowest BCUT2D eigenvalue weighted by molar-refractivity contribution is -0.121. The van der Waals surface area contributed by atoms with Gasteiger partial charge in [-0.3, -0.25) is 4.79 Å². The van der Waals surface area contributed by atoms with Crippen LogP contribution in [0.3, 0.4) is 0 Å². The molecule has 0 bridgehead atoms. The molecule has 0 saturated carbocycles. The summed E-state index contributed by atoms with van der Waals surface area (Å²) in [4.78, 5) is 11.6. The molecule has 0 rings (SSSR count). The third-order valence-electron chi connectivity index (χ3n) is 1.80. The van der Waals surface area contributed by atoms with Crippen molar-refractivity contribution >= 4 is 5.78 Å². The Balaban J connectivity index is 4.04. The van der Waals surface area contributed by atoms with Gasteiger partial charge in [-0.2, -0.15) is 0 Å². The maximum atomic E-state index is 11.6. The van der Waals surface area contributed by atoms with Gasteiger partial charge in [-0.1, -0.05) is 20.8 Å². The first-order chi connectivity index (χ1) is 6.38. The van der Waals surface area contributed by atoms with Gasteiger partial charge in [0.25, 0.3) is 0 Å². The predicted molar refractivity (Wildman–Crippen MR) is 58.1 cm³/mol. The fourth-order valence-corrected chi connectivity index (χ4v) is 0.814. The average Bonchev–Trinajstić information content (AvgIpc) is 2.03. The lowest BCUT2D eigenvalue weighted by Crippen LogP contribution is -2.22. The van der Waals surface area contributed by atoms with Gasteiger partial charge >= 0.3 is 0 Å². The van der Waals surface area contributed by atoms with E-state index < -0.39 is 0 Å². The van der Waals surface area contributed by atoms with E-state index in [9.17, 15) is 4.79 Å². The number of hydrogen-bond donors (Lipinski definition) is 1. The SMILES string of the molecule is COCCNC(C)=CC(=O)C(C)(C)C. The van der Waals surface area contributed by atoms with Gasteiger partial charge in [0.1, 0.15) is 0 Å². The maximum Gasteiger partial charge on any atom is 0.162 e. The normalized spacial score (nSPS) is 12.8. The fourth-order valence-electron chi connectivity index (χ4n) is 0.814. The third kappa shape index (κ3) is 5.75. The molecule has 82 valence electrons. The van der Waals surface area contributed by atoms with Gasteiger partial charge < -0.3 is 10.1 Å². The van der Waals surface area contributed by atoms with E-state index in [-0.39, 0.29) is 11.2 Å². The Hall–Kier alpha value is -0.830. The highest BCUT2D eigenvalue weighted by Gasteiger charge is 2.18. The maximum absolute atomic E-state index is 11.6. The van der Waals surface area contributed by atoms with Gasteiger partial charge in [0, 0.05) is 30.8 Å². The molecular formula is C11H21NO2. The van der Waals surface area contributed by atoms with Gasteiger partial charge in [0.15, 0.2) is 5.78 Å². The number of carbonyl (C=O) groups excluding carboxylic acids is 1. The summed E-state index contributed by atoms with van der Waals surface area (Å²) in [5.74, 6) is 0.139. The summed E-state index contributed by atoms with van der Waals surface area (Å²) in [5.41, 5.74) is 0.589. The topological polar surface area (TPSA) is 38.3 Å². The minimum absolute atomic E-state index is 0.139. The largest absolute Gasteiger partial charge is 0.386 e. The summed E-state index contributed by atoms with van der Waals surface area (Å²) in [6.07, 6.45) is 1.65.